The molecule has 2 saturated carbocycles. The van der Waals surface area contributed by atoms with Crippen LogP contribution in [0.5, 0.6) is 0 Å². The van der Waals surface area contributed by atoms with Crippen molar-refractivity contribution in [3.05, 3.63) is 101 Å². The summed E-state index contributed by atoms with van der Waals surface area (Å²) in [5, 5.41) is 37.9. The highest BCUT2D eigenvalue weighted by molar-refractivity contribution is 9.10. The highest BCUT2D eigenvalue weighted by Gasteiger charge is 2.57. The molecular weight excluding hydrogens is 1180 g/mol. The summed E-state index contributed by atoms with van der Waals surface area (Å²) in [6.45, 7) is 13.9. The number of carboxylic acids is 1. The molecule has 19 nitrogen and oxygen atoms in total. The molecule has 4 aliphatic rings. The molecule has 2 saturated heterocycles. The SMILES string of the molecule is CCc1nc2c(cnn2CC)c(NC2CCOCC2)c1CNC(=O)C1(C(=O)NCc2ccc(Cl)c(Br)c2)CC1.CCc1nc2c(cnn2CC)c(NC2CCOCC2)c1CNC(=O)C1(C(=O)O)CC1.NCc1ccc(Cl)c(Br)c1. The summed E-state index contributed by atoms with van der Waals surface area (Å²) in [6.07, 6.45) is 10.5. The van der Waals surface area contributed by atoms with Crippen LogP contribution >= 0.6 is 55.1 Å². The van der Waals surface area contributed by atoms with Crippen LogP contribution in [0.25, 0.3) is 22.1 Å². The van der Waals surface area contributed by atoms with E-state index in [1.165, 1.54) is 0 Å². The number of rotatable bonds is 19. The van der Waals surface area contributed by atoms with E-state index in [4.69, 9.17) is 48.4 Å². The second-order valence-electron chi connectivity index (χ2n) is 20.2. The molecule has 6 aromatic rings. The van der Waals surface area contributed by atoms with Crippen LogP contribution in [0.1, 0.15) is 113 Å². The average Bonchev–Trinajstić information content (AvgIpc) is 4.58. The van der Waals surface area contributed by atoms with Crippen molar-refractivity contribution in [2.75, 3.05) is 37.1 Å². The van der Waals surface area contributed by atoms with Crippen molar-refractivity contribution in [2.24, 2.45) is 16.6 Å². The number of aromatic nitrogens is 6. The number of amides is 3. The molecule has 2 aliphatic carbocycles. The molecule has 0 unspecified atom stereocenters. The standard InChI is InChI=1S/C28H34BrClN6O3.C21H29N5O4.C7H7BrClN/c1-3-23-19(24(34-18-7-11-39-12-8-18)20-16-33-36(4-2)25(20)35-23)15-32-27(38)28(9-10-28)26(37)31-14-17-5-6-22(30)21(29)13-17;1-3-16-14(11-22-19(27)21(7-8-21)20(28)29)17(24-13-5-9-30-10-6-13)15-12-23-26(4-2)18(15)25-16;8-6-3-5(4-10)1-2-7(6)9/h5-6,13,16,18H,3-4,7-12,14-15H2,1-2H3,(H,31,37)(H,32,38)(H,34,35);12-13H,3-11H2,1-2H3,(H,22,27)(H,24,25)(H,28,29);1-3H,4,10H2. The Morgan fingerprint density at radius 1 is 0.646 bits per heavy atom. The number of nitrogens with two attached hydrogens (primary N) is 1. The van der Waals surface area contributed by atoms with E-state index in [9.17, 15) is 24.3 Å². The van der Waals surface area contributed by atoms with E-state index < -0.39 is 22.7 Å². The van der Waals surface area contributed by atoms with Crippen LogP contribution in [0.4, 0.5) is 11.4 Å². The minimum atomic E-state index is -1.26. The fraction of sp³-hybridized carbons (Fsp3) is 0.500. The van der Waals surface area contributed by atoms with Crippen LogP contribution in [-0.2, 0) is 80.8 Å². The Labute approximate surface area is 486 Å². The van der Waals surface area contributed by atoms with Gasteiger partial charge in [0.25, 0.3) is 0 Å². The zero-order chi connectivity index (χ0) is 56.4. The van der Waals surface area contributed by atoms with Crippen LogP contribution in [0.3, 0.4) is 0 Å². The maximum atomic E-state index is 13.4. The predicted octanol–water partition coefficient (Wildman–Crippen LogP) is 9.38. The zero-order valence-corrected chi connectivity index (χ0v) is 49.8. The Morgan fingerprint density at radius 2 is 1.05 bits per heavy atom. The lowest BCUT2D eigenvalue weighted by molar-refractivity contribution is -0.149. The molecule has 4 aromatic heterocycles. The quantitative estimate of drug-likeness (QED) is 0.0373. The van der Waals surface area contributed by atoms with Gasteiger partial charge in [0.05, 0.1) is 44.6 Å². The van der Waals surface area contributed by atoms with E-state index in [0.717, 1.165) is 126 Å². The number of ether oxygens (including phenoxy) is 2. The number of nitrogens with zero attached hydrogens (tertiary/aromatic N) is 6. The summed E-state index contributed by atoms with van der Waals surface area (Å²) >= 11 is 18.5. The van der Waals surface area contributed by atoms with Crippen LogP contribution in [-0.4, -0.2) is 96.8 Å². The summed E-state index contributed by atoms with van der Waals surface area (Å²) in [5.74, 6) is -1.96. The minimum Gasteiger partial charge on any atom is -0.480 e. The number of aliphatic carboxylic acids is 1. The Balaban J connectivity index is 0.000000181. The molecule has 0 bridgehead atoms. The van der Waals surface area contributed by atoms with Gasteiger partial charge in [-0.05, 0) is 145 Å². The number of carboxylic acid groups (broad SMARTS) is 1. The third-order valence-electron chi connectivity index (χ3n) is 15.1. The van der Waals surface area contributed by atoms with Crippen molar-refractivity contribution >= 4 is 112 Å². The van der Waals surface area contributed by atoms with Crippen molar-refractivity contribution in [1.29, 1.82) is 0 Å². The summed E-state index contributed by atoms with van der Waals surface area (Å²) in [4.78, 5) is 60.4. The highest BCUT2D eigenvalue weighted by Crippen LogP contribution is 2.47. The third kappa shape index (κ3) is 13.8. The summed E-state index contributed by atoms with van der Waals surface area (Å²) in [5.41, 5.74) is 12.3. The first-order valence-corrected chi connectivity index (χ1v) is 29.5. The molecular formula is C56H70Br2Cl2N12O7. The molecule has 10 rings (SSSR count). The molecule has 79 heavy (non-hydrogen) atoms. The third-order valence-corrected chi connectivity index (χ3v) is 17.5. The molecule has 0 radical (unpaired) electrons. The minimum absolute atomic E-state index is 0.239. The summed E-state index contributed by atoms with van der Waals surface area (Å²) in [6, 6.07) is 11.7. The Kier molecular flexibility index (Phi) is 20.3. The summed E-state index contributed by atoms with van der Waals surface area (Å²) < 4.78 is 16.5. The Bertz CT molecular complexity index is 3170. The van der Waals surface area contributed by atoms with Gasteiger partial charge in [0, 0.05) is 109 Å². The van der Waals surface area contributed by atoms with Crippen LogP contribution in [0.2, 0.25) is 10.0 Å². The fourth-order valence-electron chi connectivity index (χ4n) is 9.89. The topological polar surface area (TPSA) is 255 Å². The Morgan fingerprint density at radius 3 is 1.43 bits per heavy atom. The maximum absolute atomic E-state index is 13.4. The second-order valence-corrected chi connectivity index (χ2v) is 22.7. The first-order chi connectivity index (χ1) is 38.1. The molecule has 0 spiro atoms. The monoisotopic (exact) mass is 1250 g/mol. The summed E-state index contributed by atoms with van der Waals surface area (Å²) in [7, 11) is 0. The number of pyridine rings is 2. The molecule has 3 amide bonds. The Hall–Kier alpha value is -5.42. The van der Waals surface area contributed by atoms with Gasteiger partial charge in [-0.25, -0.2) is 19.3 Å². The largest absolute Gasteiger partial charge is 0.480 e. The van der Waals surface area contributed by atoms with Gasteiger partial charge in [-0.1, -0.05) is 49.2 Å². The molecule has 0 atom stereocenters. The molecule has 2 aliphatic heterocycles. The first-order valence-electron chi connectivity index (χ1n) is 27.2. The predicted molar refractivity (Wildman–Crippen MR) is 313 cm³/mol. The highest BCUT2D eigenvalue weighted by atomic mass is 79.9. The number of halogens is 4. The number of hydrogen-bond donors (Lipinski definition) is 7. The number of carbonyl (C=O) groups excluding carboxylic acids is 3. The normalized spacial score (nSPS) is 16.5. The second kappa shape index (κ2) is 26.9. The van der Waals surface area contributed by atoms with Gasteiger partial charge in [0.1, 0.15) is 10.8 Å². The number of carbonyl (C=O) groups is 4. The van der Waals surface area contributed by atoms with Crippen LogP contribution in [0, 0.1) is 10.8 Å². The fourth-order valence-corrected chi connectivity index (χ4v) is 11.0. The average molecular weight is 1250 g/mol. The van der Waals surface area contributed by atoms with Crippen molar-refractivity contribution in [3.63, 3.8) is 0 Å². The number of hydrogen-bond acceptors (Lipinski definition) is 13. The number of aryl methyl sites for hydroxylation is 4. The zero-order valence-electron chi connectivity index (χ0n) is 45.1. The van der Waals surface area contributed by atoms with E-state index in [2.05, 4.69) is 75.6 Å². The lowest BCUT2D eigenvalue weighted by Gasteiger charge is -2.27. The smallest absolute Gasteiger partial charge is 0.319 e. The van der Waals surface area contributed by atoms with Crippen molar-refractivity contribution in [1.82, 2.24) is 45.5 Å². The van der Waals surface area contributed by atoms with E-state index in [1.54, 1.807) is 6.07 Å². The van der Waals surface area contributed by atoms with Gasteiger partial charge in [-0.3, -0.25) is 19.2 Å². The van der Waals surface area contributed by atoms with Gasteiger partial charge < -0.3 is 46.9 Å². The maximum Gasteiger partial charge on any atom is 0.319 e. The molecule has 23 heteroatoms. The van der Waals surface area contributed by atoms with Crippen molar-refractivity contribution in [3.8, 4) is 0 Å². The van der Waals surface area contributed by atoms with Gasteiger partial charge in [-0.15, -0.1) is 0 Å². The van der Waals surface area contributed by atoms with Crippen molar-refractivity contribution in [2.45, 2.75) is 143 Å². The van der Waals surface area contributed by atoms with Crippen LogP contribution in [0.15, 0.2) is 57.7 Å². The number of benzene rings is 2. The van der Waals surface area contributed by atoms with Gasteiger partial charge in [0.2, 0.25) is 17.7 Å². The molecule has 6 heterocycles. The number of anilines is 2. The van der Waals surface area contributed by atoms with Gasteiger partial charge in [0.15, 0.2) is 11.3 Å². The van der Waals surface area contributed by atoms with E-state index in [0.29, 0.717) is 76.4 Å². The van der Waals surface area contributed by atoms with Crippen molar-refractivity contribution < 1.29 is 33.8 Å². The van der Waals surface area contributed by atoms with Crippen LogP contribution < -0.4 is 32.3 Å². The van der Waals surface area contributed by atoms with E-state index in [1.807, 2.05) is 72.9 Å². The molecule has 8 N–H and O–H groups in total. The molecule has 424 valence electrons. The molecule has 4 fully saturated rings. The van der Waals surface area contributed by atoms with Gasteiger partial charge in [-0.2, -0.15) is 10.2 Å². The van der Waals surface area contributed by atoms with E-state index in [-0.39, 0.29) is 37.0 Å². The van der Waals surface area contributed by atoms with E-state index >= 15 is 0 Å². The number of nitrogens with one attached hydrogen (secondary N) is 5. The molecule has 2 aromatic carbocycles. The lowest BCUT2D eigenvalue weighted by atomic mass is 10.0. The first kappa shape index (κ1) is 59.7. The van der Waals surface area contributed by atoms with Gasteiger partial charge >= 0.3 is 5.97 Å². The number of fused-ring (bicyclic) bond motifs is 2. The lowest BCUT2D eigenvalue weighted by Crippen LogP contribution is -2.42.